The number of fused-ring (bicyclic) bond motifs is 1. The van der Waals surface area contributed by atoms with E-state index in [-0.39, 0.29) is 18.1 Å². The Hall–Kier alpha value is -4.45. The van der Waals surface area contributed by atoms with Gasteiger partial charge in [-0.25, -0.2) is 0 Å². The molecule has 1 atom stereocenters. The Labute approximate surface area is 177 Å². The summed E-state index contributed by atoms with van der Waals surface area (Å²) in [6.07, 6.45) is 0. The van der Waals surface area contributed by atoms with E-state index in [1.807, 2.05) is 24.3 Å². The maximum atomic E-state index is 10.9. The van der Waals surface area contributed by atoms with E-state index in [9.17, 15) is 10.1 Å². The first kappa shape index (κ1) is 19.8. The normalized spacial score (nSPS) is 14.9. The van der Waals surface area contributed by atoms with Gasteiger partial charge in [0.15, 0.2) is 6.61 Å². The molecule has 2 aromatic carbocycles. The van der Waals surface area contributed by atoms with Gasteiger partial charge in [-0.3, -0.25) is 9.89 Å². The number of carbonyl (C=O) groups excluding carboxylic acids is 1. The molecule has 1 amide bonds. The number of aromatic nitrogens is 2. The molecule has 5 N–H and O–H groups in total. The molecular weight excluding hydrogens is 398 g/mol. The average Bonchev–Trinajstić information content (AvgIpc) is 3.20. The Morgan fingerprint density at radius 1 is 1.26 bits per heavy atom. The average molecular weight is 417 g/mol. The second-order valence-corrected chi connectivity index (χ2v) is 6.80. The second kappa shape index (κ2) is 8.12. The van der Waals surface area contributed by atoms with Crippen LogP contribution < -0.4 is 25.7 Å². The van der Waals surface area contributed by atoms with E-state index < -0.39 is 11.8 Å². The second-order valence-electron chi connectivity index (χ2n) is 6.80. The molecule has 2 heterocycles. The van der Waals surface area contributed by atoms with Gasteiger partial charge in [0.2, 0.25) is 11.8 Å². The highest BCUT2D eigenvalue weighted by Gasteiger charge is 2.35. The number of H-pyrrole nitrogens is 1. The number of nitriles is 1. The van der Waals surface area contributed by atoms with Crippen molar-refractivity contribution in [3.05, 3.63) is 71.1 Å². The van der Waals surface area contributed by atoms with Gasteiger partial charge in [0.05, 0.1) is 24.3 Å². The standard InChI is InChI=1S/C22H19N5O4/c1-29-15-4-2-3-13(9-15)20-19-18(16(10-23)21(25)31-22(19)27-26-20)12-5-7-14(8-6-12)30-11-17(24)28/h2-9,18H,11,25H2,1H3,(H2,24,28)(H,26,27)/t18-/m0/s1. The van der Waals surface area contributed by atoms with Crippen molar-refractivity contribution < 1.29 is 19.0 Å². The first-order chi connectivity index (χ1) is 15.0. The van der Waals surface area contributed by atoms with Crippen molar-refractivity contribution in [2.75, 3.05) is 13.7 Å². The Morgan fingerprint density at radius 2 is 2.03 bits per heavy atom. The first-order valence-corrected chi connectivity index (χ1v) is 9.33. The Morgan fingerprint density at radius 3 is 2.71 bits per heavy atom. The van der Waals surface area contributed by atoms with Gasteiger partial charge in [-0.05, 0) is 29.8 Å². The number of methoxy groups -OCH3 is 1. The Balaban J connectivity index is 1.80. The molecular formula is C22H19N5O4. The fourth-order valence-corrected chi connectivity index (χ4v) is 3.49. The summed E-state index contributed by atoms with van der Waals surface area (Å²) in [6.45, 7) is -0.223. The number of amides is 1. The molecule has 9 heteroatoms. The lowest BCUT2D eigenvalue weighted by Crippen LogP contribution is -2.21. The van der Waals surface area contributed by atoms with Crippen LogP contribution in [0.15, 0.2) is 60.0 Å². The van der Waals surface area contributed by atoms with Gasteiger partial charge in [-0.15, -0.1) is 5.10 Å². The van der Waals surface area contributed by atoms with E-state index in [4.69, 9.17) is 25.7 Å². The molecule has 0 spiro atoms. The zero-order valence-corrected chi connectivity index (χ0v) is 16.6. The number of hydrogen-bond donors (Lipinski definition) is 3. The third kappa shape index (κ3) is 3.74. The molecule has 9 nitrogen and oxygen atoms in total. The van der Waals surface area contributed by atoms with E-state index in [0.29, 0.717) is 28.6 Å². The molecule has 1 aliphatic rings. The van der Waals surface area contributed by atoms with Crippen LogP contribution in [0.4, 0.5) is 0 Å². The van der Waals surface area contributed by atoms with Crippen LogP contribution in [0.3, 0.4) is 0 Å². The number of primary amides is 1. The lowest BCUT2D eigenvalue weighted by molar-refractivity contribution is -0.119. The number of nitrogens with zero attached hydrogens (tertiary/aromatic N) is 2. The first-order valence-electron chi connectivity index (χ1n) is 9.33. The topological polar surface area (TPSA) is 149 Å². The van der Waals surface area contributed by atoms with Crippen molar-refractivity contribution in [1.29, 1.82) is 5.26 Å². The van der Waals surface area contributed by atoms with Crippen LogP contribution in [0, 0.1) is 11.3 Å². The maximum Gasteiger partial charge on any atom is 0.255 e. The number of hydrogen-bond acceptors (Lipinski definition) is 7. The minimum atomic E-state index is -0.568. The molecule has 31 heavy (non-hydrogen) atoms. The number of nitrogens with two attached hydrogens (primary N) is 2. The molecule has 0 aliphatic carbocycles. The zero-order chi connectivity index (χ0) is 22.0. The van der Waals surface area contributed by atoms with Crippen molar-refractivity contribution in [2.45, 2.75) is 5.92 Å². The number of nitrogens with one attached hydrogen (secondary N) is 1. The largest absolute Gasteiger partial charge is 0.497 e. The van der Waals surface area contributed by atoms with E-state index >= 15 is 0 Å². The van der Waals surface area contributed by atoms with Gasteiger partial charge in [-0.2, -0.15) is 5.26 Å². The Bertz CT molecular complexity index is 1210. The van der Waals surface area contributed by atoms with Crippen molar-refractivity contribution in [3.8, 4) is 34.7 Å². The molecule has 3 aromatic rings. The molecule has 156 valence electrons. The summed E-state index contributed by atoms with van der Waals surface area (Å²) in [4.78, 5) is 10.9. The molecule has 0 bridgehead atoms. The predicted molar refractivity (Wildman–Crippen MR) is 111 cm³/mol. The van der Waals surface area contributed by atoms with E-state index in [1.165, 1.54) is 0 Å². The van der Waals surface area contributed by atoms with Gasteiger partial charge in [0.25, 0.3) is 5.91 Å². The quantitative estimate of drug-likeness (QED) is 0.556. The number of carbonyl (C=O) groups is 1. The molecule has 1 aliphatic heterocycles. The molecule has 0 fully saturated rings. The van der Waals surface area contributed by atoms with Gasteiger partial charge in [-0.1, -0.05) is 24.3 Å². The van der Waals surface area contributed by atoms with Gasteiger partial charge in [0.1, 0.15) is 23.1 Å². The SMILES string of the molecule is COc1cccc(-c2[nH]nc3c2[C@@H](c2ccc(OCC(N)=O)cc2)C(C#N)=C(N)O3)c1. The van der Waals surface area contributed by atoms with Crippen LogP contribution in [0.25, 0.3) is 11.3 Å². The van der Waals surface area contributed by atoms with Crippen molar-refractivity contribution in [1.82, 2.24) is 10.2 Å². The summed E-state index contributed by atoms with van der Waals surface area (Å²) in [5, 5.41) is 17.1. The number of rotatable bonds is 6. The lowest BCUT2D eigenvalue weighted by Gasteiger charge is -2.24. The molecule has 0 unspecified atom stereocenters. The van der Waals surface area contributed by atoms with Crippen LogP contribution in [-0.4, -0.2) is 29.8 Å². The van der Waals surface area contributed by atoms with Gasteiger partial charge in [0, 0.05) is 5.56 Å². The minimum absolute atomic E-state index is 0.00209. The molecule has 0 saturated heterocycles. The number of ether oxygens (including phenoxy) is 3. The third-order valence-corrected chi connectivity index (χ3v) is 4.89. The van der Waals surface area contributed by atoms with Crippen LogP contribution in [0.1, 0.15) is 17.0 Å². The predicted octanol–water partition coefficient (Wildman–Crippen LogP) is 2.17. The summed E-state index contributed by atoms with van der Waals surface area (Å²) < 4.78 is 16.3. The molecule has 0 saturated carbocycles. The number of allylic oxidation sites excluding steroid dienone is 1. The highest BCUT2D eigenvalue weighted by atomic mass is 16.5. The zero-order valence-electron chi connectivity index (χ0n) is 16.6. The van der Waals surface area contributed by atoms with Gasteiger partial charge < -0.3 is 25.7 Å². The van der Waals surface area contributed by atoms with E-state index in [0.717, 1.165) is 11.1 Å². The van der Waals surface area contributed by atoms with Crippen LogP contribution >= 0.6 is 0 Å². The Kier molecular flexibility index (Phi) is 5.20. The number of benzene rings is 2. The summed E-state index contributed by atoms with van der Waals surface area (Å²) in [6, 6.07) is 16.6. The van der Waals surface area contributed by atoms with Crippen LogP contribution in [0.5, 0.6) is 17.4 Å². The van der Waals surface area contributed by atoms with Crippen molar-refractivity contribution in [2.24, 2.45) is 11.5 Å². The molecule has 4 rings (SSSR count). The summed E-state index contributed by atoms with van der Waals surface area (Å²) in [5.41, 5.74) is 14.4. The molecule has 0 radical (unpaired) electrons. The van der Waals surface area contributed by atoms with Crippen molar-refractivity contribution in [3.63, 3.8) is 0 Å². The number of aromatic amines is 1. The highest BCUT2D eigenvalue weighted by molar-refractivity contribution is 5.75. The maximum absolute atomic E-state index is 10.9. The third-order valence-electron chi connectivity index (χ3n) is 4.89. The van der Waals surface area contributed by atoms with Crippen LogP contribution in [-0.2, 0) is 4.79 Å². The summed E-state index contributed by atoms with van der Waals surface area (Å²) in [7, 11) is 1.59. The van der Waals surface area contributed by atoms with E-state index in [1.54, 1.807) is 31.4 Å². The van der Waals surface area contributed by atoms with Crippen molar-refractivity contribution >= 4 is 5.91 Å². The fourth-order valence-electron chi connectivity index (χ4n) is 3.49. The summed E-state index contributed by atoms with van der Waals surface area (Å²) >= 11 is 0. The van der Waals surface area contributed by atoms with Gasteiger partial charge >= 0.3 is 0 Å². The summed E-state index contributed by atoms with van der Waals surface area (Å²) in [5.74, 6) is 0.373. The molecule has 1 aromatic heterocycles. The monoisotopic (exact) mass is 417 g/mol. The van der Waals surface area contributed by atoms with Crippen LogP contribution in [0.2, 0.25) is 0 Å². The highest BCUT2D eigenvalue weighted by Crippen LogP contribution is 2.46. The lowest BCUT2D eigenvalue weighted by atomic mass is 9.83. The fraction of sp³-hybridized carbons (Fsp3) is 0.136. The van der Waals surface area contributed by atoms with E-state index in [2.05, 4.69) is 16.3 Å². The minimum Gasteiger partial charge on any atom is -0.497 e. The smallest absolute Gasteiger partial charge is 0.255 e.